The molecule has 3 rings (SSSR count). The lowest BCUT2D eigenvalue weighted by Gasteiger charge is -2.20. The van der Waals surface area contributed by atoms with Crippen molar-refractivity contribution in [3.63, 3.8) is 0 Å². The number of carbonyl (C=O) groups is 1. The van der Waals surface area contributed by atoms with Crippen molar-refractivity contribution in [1.82, 2.24) is 14.7 Å². The fourth-order valence-electron chi connectivity index (χ4n) is 3.12. The largest absolute Gasteiger partial charge is 0.321 e. The fraction of sp³-hybridized carbons (Fsp3) is 0.421. The Morgan fingerprint density at radius 3 is 2.60 bits per heavy atom. The van der Waals surface area contributed by atoms with E-state index in [2.05, 4.69) is 21.4 Å². The Morgan fingerprint density at radius 1 is 1.12 bits per heavy atom. The molecule has 0 bridgehead atoms. The molecule has 0 atom stereocenters. The molecule has 1 aromatic carbocycles. The molecule has 0 radical (unpaired) electrons. The second kappa shape index (κ2) is 8.07. The second-order valence-electron chi connectivity index (χ2n) is 6.53. The summed E-state index contributed by atoms with van der Waals surface area (Å²) in [5.41, 5.74) is 1.91. The van der Waals surface area contributed by atoms with Crippen LogP contribution in [0.5, 0.6) is 0 Å². The summed E-state index contributed by atoms with van der Waals surface area (Å²) >= 11 is 0. The van der Waals surface area contributed by atoms with Crippen LogP contribution in [0.3, 0.4) is 0 Å². The maximum atomic E-state index is 12.3. The highest BCUT2D eigenvalue weighted by Gasteiger charge is 2.12. The normalized spacial score (nSPS) is 15.6. The first-order chi connectivity index (χ1) is 12.1. The highest BCUT2D eigenvalue weighted by molar-refractivity contribution is 6.02. The Bertz CT molecular complexity index is 792. The summed E-state index contributed by atoms with van der Waals surface area (Å²) in [5.74, 6) is -0.317. The van der Waals surface area contributed by atoms with Crippen molar-refractivity contribution in [2.24, 2.45) is 7.05 Å². The van der Waals surface area contributed by atoms with Gasteiger partial charge in [0.25, 0.3) is 11.5 Å². The van der Waals surface area contributed by atoms with E-state index >= 15 is 0 Å². The van der Waals surface area contributed by atoms with Gasteiger partial charge in [0.2, 0.25) is 0 Å². The number of carbonyl (C=O) groups excluding carboxylic acids is 1. The average molecular weight is 340 g/mol. The minimum atomic E-state index is -0.317. The third-order valence-electron chi connectivity index (χ3n) is 4.48. The van der Waals surface area contributed by atoms with E-state index in [9.17, 15) is 9.59 Å². The van der Waals surface area contributed by atoms with Crippen molar-refractivity contribution in [1.29, 1.82) is 0 Å². The van der Waals surface area contributed by atoms with E-state index < -0.39 is 0 Å². The lowest BCUT2D eigenvalue weighted by Crippen LogP contribution is -2.24. The highest BCUT2D eigenvalue weighted by atomic mass is 16.2. The van der Waals surface area contributed by atoms with Crippen molar-refractivity contribution >= 4 is 11.6 Å². The standard InChI is InChI=1S/C19H24N4O2/c1-22-18(24)10-9-17(21-22)19(25)20-16-8-6-7-15(13-16)14-23-11-4-2-3-5-12-23/h6-10,13H,2-5,11-12,14H2,1H3,(H,20,25). The summed E-state index contributed by atoms with van der Waals surface area (Å²) in [5, 5.41) is 6.84. The molecule has 1 aliphatic rings. The second-order valence-corrected chi connectivity index (χ2v) is 6.53. The molecule has 0 unspecified atom stereocenters. The molecule has 132 valence electrons. The van der Waals surface area contributed by atoms with Crippen molar-refractivity contribution in [3.05, 3.63) is 58.0 Å². The number of nitrogens with zero attached hydrogens (tertiary/aromatic N) is 3. The summed E-state index contributed by atoms with van der Waals surface area (Å²) in [4.78, 5) is 26.2. The summed E-state index contributed by atoms with van der Waals surface area (Å²) in [6.07, 6.45) is 5.15. The molecule has 25 heavy (non-hydrogen) atoms. The monoisotopic (exact) mass is 340 g/mol. The number of anilines is 1. The number of nitrogens with one attached hydrogen (secondary N) is 1. The van der Waals surface area contributed by atoms with E-state index in [1.54, 1.807) is 0 Å². The van der Waals surface area contributed by atoms with Crippen molar-refractivity contribution in [3.8, 4) is 0 Å². The Hall–Kier alpha value is -2.47. The number of aromatic nitrogens is 2. The number of hydrogen-bond acceptors (Lipinski definition) is 4. The van der Waals surface area contributed by atoms with E-state index in [1.165, 1.54) is 50.4 Å². The molecule has 0 saturated carbocycles. The van der Waals surface area contributed by atoms with Crippen LogP contribution in [0.2, 0.25) is 0 Å². The summed E-state index contributed by atoms with van der Waals surface area (Å²) in [7, 11) is 1.53. The molecule has 0 aliphatic carbocycles. The number of likely N-dealkylation sites (tertiary alicyclic amines) is 1. The first kappa shape index (κ1) is 17.4. The molecule has 1 fully saturated rings. The van der Waals surface area contributed by atoms with Gasteiger partial charge in [-0.15, -0.1) is 0 Å². The fourth-order valence-corrected chi connectivity index (χ4v) is 3.12. The zero-order valence-corrected chi connectivity index (χ0v) is 14.6. The number of benzene rings is 1. The van der Waals surface area contributed by atoms with Crippen molar-refractivity contribution in [2.45, 2.75) is 32.2 Å². The van der Waals surface area contributed by atoms with Crippen LogP contribution in [0.4, 0.5) is 5.69 Å². The molecule has 6 heteroatoms. The van der Waals surface area contributed by atoms with Crippen LogP contribution < -0.4 is 10.9 Å². The number of aryl methyl sites for hydroxylation is 1. The van der Waals surface area contributed by atoms with Gasteiger partial charge in [0.15, 0.2) is 0 Å². The van der Waals surface area contributed by atoms with E-state index in [0.717, 1.165) is 30.0 Å². The van der Waals surface area contributed by atoms with Crippen LogP contribution in [0.25, 0.3) is 0 Å². The van der Waals surface area contributed by atoms with E-state index in [-0.39, 0.29) is 17.2 Å². The van der Waals surface area contributed by atoms with Crippen LogP contribution in [0.1, 0.15) is 41.7 Å². The lowest BCUT2D eigenvalue weighted by atomic mass is 10.1. The number of amides is 1. The van der Waals surface area contributed by atoms with Crippen LogP contribution in [-0.4, -0.2) is 33.7 Å². The van der Waals surface area contributed by atoms with E-state index in [1.807, 2.05) is 18.2 Å². The van der Waals surface area contributed by atoms with Gasteiger partial charge in [0.05, 0.1) is 0 Å². The summed E-state index contributed by atoms with van der Waals surface area (Å²) in [6.45, 7) is 3.18. The Balaban J connectivity index is 1.67. The van der Waals surface area contributed by atoms with Gasteiger partial charge in [0.1, 0.15) is 5.69 Å². The van der Waals surface area contributed by atoms with E-state index in [0.29, 0.717) is 0 Å². The third-order valence-corrected chi connectivity index (χ3v) is 4.48. The predicted octanol–water partition coefficient (Wildman–Crippen LogP) is 2.41. The minimum Gasteiger partial charge on any atom is -0.321 e. The van der Waals surface area contributed by atoms with Gasteiger partial charge in [-0.25, -0.2) is 4.68 Å². The lowest BCUT2D eigenvalue weighted by molar-refractivity contribution is 0.102. The third kappa shape index (κ3) is 4.76. The molecule has 1 N–H and O–H groups in total. The van der Waals surface area contributed by atoms with Crippen LogP contribution in [0, 0.1) is 0 Å². The van der Waals surface area contributed by atoms with Gasteiger partial charge in [0, 0.05) is 25.3 Å². The van der Waals surface area contributed by atoms with Gasteiger partial charge < -0.3 is 5.32 Å². The van der Waals surface area contributed by atoms with Gasteiger partial charge >= 0.3 is 0 Å². The average Bonchev–Trinajstić information content (AvgIpc) is 2.86. The topological polar surface area (TPSA) is 67.2 Å². The summed E-state index contributed by atoms with van der Waals surface area (Å²) in [6, 6.07) is 10.7. The van der Waals surface area contributed by atoms with Gasteiger partial charge in [-0.2, -0.15) is 5.10 Å². The maximum Gasteiger partial charge on any atom is 0.276 e. The Labute approximate surface area is 147 Å². The van der Waals surface area contributed by atoms with Crippen LogP contribution in [-0.2, 0) is 13.6 Å². The molecule has 1 aliphatic heterocycles. The summed E-state index contributed by atoms with van der Waals surface area (Å²) < 4.78 is 1.16. The molecular formula is C19H24N4O2. The quantitative estimate of drug-likeness (QED) is 0.928. The molecule has 6 nitrogen and oxygen atoms in total. The zero-order valence-electron chi connectivity index (χ0n) is 14.6. The maximum absolute atomic E-state index is 12.3. The SMILES string of the molecule is Cn1nc(C(=O)Nc2cccc(CN3CCCCCC3)c2)ccc1=O. The van der Waals surface area contributed by atoms with Crippen molar-refractivity contribution < 1.29 is 4.79 Å². The van der Waals surface area contributed by atoms with E-state index in [4.69, 9.17) is 0 Å². The molecule has 2 aromatic rings. The first-order valence-electron chi connectivity index (χ1n) is 8.79. The molecular weight excluding hydrogens is 316 g/mol. The molecule has 2 heterocycles. The zero-order chi connectivity index (χ0) is 17.6. The Morgan fingerprint density at radius 2 is 1.88 bits per heavy atom. The van der Waals surface area contributed by atoms with Gasteiger partial charge in [-0.3, -0.25) is 14.5 Å². The highest BCUT2D eigenvalue weighted by Crippen LogP contribution is 2.16. The van der Waals surface area contributed by atoms with Gasteiger partial charge in [-0.1, -0.05) is 25.0 Å². The number of hydrogen-bond donors (Lipinski definition) is 1. The smallest absolute Gasteiger partial charge is 0.276 e. The molecule has 0 spiro atoms. The first-order valence-corrected chi connectivity index (χ1v) is 8.79. The van der Waals surface area contributed by atoms with Crippen LogP contribution in [0.15, 0.2) is 41.2 Å². The Kier molecular flexibility index (Phi) is 5.60. The molecule has 1 saturated heterocycles. The molecule has 1 amide bonds. The predicted molar refractivity (Wildman–Crippen MR) is 97.6 cm³/mol. The van der Waals surface area contributed by atoms with Crippen LogP contribution >= 0.6 is 0 Å². The van der Waals surface area contributed by atoms with Crippen molar-refractivity contribution in [2.75, 3.05) is 18.4 Å². The number of rotatable bonds is 4. The minimum absolute atomic E-state index is 0.222. The van der Waals surface area contributed by atoms with Gasteiger partial charge in [-0.05, 0) is 49.7 Å². The molecule has 1 aromatic heterocycles.